The highest BCUT2D eigenvalue weighted by Gasteiger charge is 2.51. The highest BCUT2D eigenvalue weighted by atomic mass is 35.5. The molecule has 1 aliphatic carbocycles. The molecule has 1 aliphatic heterocycles. The maximum atomic E-state index is 7.58. The first-order valence-electron chi connectivity index (χ1n) is 27.8. The minimum atomic E-state index is -0.627. The number of fused-ring (bicyclic) bond motifs is 12. The smallest absolute Gasteiger partial charge is 0.141 e. The van der Waals surface area contributed by atoms with Crippen molar-refractivity contribution in [2.45, 2.75) is 31.6 Å². The third-order valence-electron chi connectivity index (χ3n) is 16.7. The molecule has 2 heterocycles. The number of hydrogen-bond acceptors (Lipinski definition) is 3. The van der Waals surface area contributed by atoms with Gasteiger partial charge >= 0.3 is 0 Å². The molecule has 0 saturated heterocycles. The molecule has 3 nitrogen and oxygen atoms in total. The fourth-order valence-corrected chi connectivity index (χ4v) is 13.2. The molecule has 0 N–H and O–H groups in total. The first-order valence-corrected chi connectivity index (χ1v) is 28.2. The van der Waals surface area contributed by atoms with Crippen LogP contribution in [0.5, 0.6) is 11.5 Å². The lowest BCUT2D eigenvalue weighted by Crippen LogP contribution is -2.32. The van der Waals surface area contributed by atoms with Gasteiger partial charge in [-0.3, -0.25) is 0 Å². The lowest BCUT2D eigenvalue weighted by atomic mass is 9.66. The van der Waals surface area contributed by atoms with Crippen molar-refractivity contribution in [2.24, 2.45) is 0 Å². The standard InChI is InChI=1S/C77H54ClNO2/c1-76(2,3)69-48-64(52-25-11-6-12-26-52)74(73-63-29-15-19-33-70(63)81-75(69)73)79(59-38-35-51(36-39-59)56-42-54(49-21-7-4-8-22-49)41-55(43-56)50-23-9-5-10-24-50)60-45-57(44-58(78)47-60)53-37-40-72-68(46-53)77(67-32-18-20-34-71(67)80-72)65-30-16-13-27-61(65)62-28-14-17-31-66(62)77/h4-48H,1-3H3. The molecule has 15 rings (SSSR count). The van der Waals surface area contributed by atoms with Crippen LogP contribution in [0.4, 0.5) is 17.1 Å². The third kappa shape index (κ3) is 7.94. The van der Waals surface area contributed by atoms with Crippen molar-refractivity contribution in [1.82, 2.24) is 0 Å². The Labute approximate surface area is 477 Å². The second-order valence-corrected chi connectivity index (χ2v) is 22.9. The lowest BCUT2D eigenvalue weighted by Gasteiger charge is -2.39. The van der Waals surface area contributed by atoms with Crippen LogP contribution in [0.2, 0.25) is 5.02 Å². The van der Waals surface area contributed by atoms with Crippen molar-refractivity contribution >= 4 is 50.6 Å². The van der Waals surface area contributed by atoms with E-state index in [-0.39, 0.29) is 5.41 Å². The summed E-state index contributed by atoms with van der Waals surface area (Å²) in [6.07, 6.45) is 0. The van der Waals surface area contributed by atoms with E-state index in [0.717, 1.165) is 112 Å². The molecule has 0 bridgehead atoms. The maximum Gasteiger partial charge on any atom is 0.141 e. The Balaban J connectivity index is 0.971. The number of nitrogens with zero attached hydrogens (tertiary/aromatic N) is 1. The molecule has 13 aromatic rings. The van der Waals surface area contributed by atoms with Gasteiger partial charge < -0.3 is 14.1 Å². The Morgan fingerprint density at radius 3 is 1.51 bits per heavy atom. The summed E-state index contributed by atoms with van der Waals surface area (Å²) >= 11 is 7.58. The summed E-state index contributed by atoms with van der Waals surface area (Å²) in [4.78, 5) is 2.41. The van der Waals surface area contributed by atoms with Gasteiger partial charge in [0.1, 0.15) is 22.7 Å². The van der Waals surface area contributed by atoms with E-state index >= 15 is 0 Å². The van der Waals surface area contributed by atoms with E-state index in [1.807, 2.05) is 0 Å². The normalized spacial score (nSPS) is 12.9. The minimum Gasteiger partial charge on any atom is -0.457 e. The number of anilines is 3. The zero-order chi connectivity index (χ0) is 54.4. The quantitative estimate of drug-likeness (QED) is 0.152. The van der Waals surface area contributed by atoms with Crippen molar-refractivity contribution in [2.75, 3.05) is 4.90 Å². The van der Waals surface area contributed by atoms with Crippen molar-refractivity contribution in [1.29, 1.82) is 0 Å². The maximum absolute atomic E-state index is 7.58. The number of para-hydroxylation sites is 2. The number of hydrogen-bond donors (Lipinski definition) is 0. The fraction of sp³-hybridized carbons (Fsp3) is 0.0649. The van der Waals surface area contributed by atoms with Crippen LogP contribution in [0.3, 0.4) is 0 Å². The molecule has 12 aromatic carbocycles. The van der Waals surface area contributed by atoms with Crippen molar-refractivity contribution < 1.29 is 9.15 Å². The molecule has 0 radical (unpaired) electrons. The fourth-order valence-electron chi connectivity index (χ4n) is 13.0. The first-order chi connectivity index (χ1) is 39.7. The molecule has 4 heteroatoms. The lowest BCUT2D eigenvalue weighted by molar-refractivity contribution is 0.436. The Bertz CT molecular complexity index is 4490. The van der Waals surface area contributed by atoms with Gasteiger partial charge in [-0.2, -0.15) is 0 Å². The van der Waals surface area contributed by atoms with Crippen LogP contribution in [-0.4, -0.2) is 0 Å². The Hall–Kier alpha value is -9.67. The first kappa shape index (κ1) is 48.5. The molecule has 2 aliphatic rings. The Morgan fingerprint density at radius 2 is 0.877 bits per heavy atom. The number of rotatable bonds is 8. The van der Waals surface area contributed by atoms with Gasteiger partial charge in [-0.1, -0.05) is 226 Å². The summed E-state index contributed by atoms with van der Waals surface area (Å²) < 4.78 is 14.0. The van der Waals surface area contributed by atoms with Crippen LogP contribution in [0, 0.1) is 0 Å². The number of benzene rings is 12. The van der Waals surface area contributed by atoms with Crippen LogP contribution in [0.1, 0.15) is 48.6 Å². The van der Waals surface area contributed by atoms with E-state index in [9.17, 15) is 0 Å². The average molecular weight is 1060 g/mol. The largest absolute Gasteiger partial charge is 0.457 e. The molecule has 0 unspecified atom stereocenters. The monoisotopic (exact) mass is 1060 g/mol. The van der Waals surface area contributed by atoms with Gasteiger partial charge in [0.05, 0.1) is 16.5 Å². The molecule has 0 amide bonds. The van der Waals surface area contributed by atoms with Gasteiger partial charge in [-0.05, 0) is 157 Å². The predicted octanol–water partition coefficient (Wildman–Crippen LogP) is 21.8. The van der Waals surface area contributed by atoms with Gasteiger partial charge in [0.2, 0.25) is 0 Å². The van der Waals surface area contributed by atoms with E-state index in [1.165, 1.54) is 33.4 Å². The SMILES string of the molecule is CC(C)(C)c1cc(-c2ccccc2)c(N(c2ccc(-c3cc(-c4ccccc4)cc(-c4ccccc4)c3)cc2)c2cc(Cl)cc(-c3ccc4c(c3)C3(c5ccccc5O4)c4ccccc4-c4ccccc43)c2)c2c1oc1ccccc12. The van der Waals surface area contributed by atoms with E-state index in [2.05, 4.69) is 299 Å². The number of halogens is 1. The number of furan rings is 1. The van der Waals surface area contributed by atoms with Crippen LogP contribution >= 0.6 is 11.6 Å². The second kappa shape index (κ2) is 19.0. The molecule has 1 aromatic heterocycles. The molecule has 0 saturated carbocycles. The van der Waals surface area contributed by atoms with E-state index in [0.29, 0.717) is 5.02 Å². The highest BCUT2D eigenvalue weighted by Crippen LogP contribution is 2.62. The minimum absolute atomic E-state index is 0.259. The zero-order valence-electron chi connectivity index (χ0n) is 45.1. The molecular formula is C77H54ClNO2. The van der Waals surface area contributed by atoms with E-state index in [1.54, 1.807) is 0 Å². The summed E-state index contributed by atoms with van der Waals surface area (Å²) in [7, 11) is 0. The highest BCUT2D eigenvalue weighted by molar-refractivity contribution is 6.31. The van der Waals surface area contributed by atoms with Crippen molar-refractivity contribution in [3.05, 3.63) is 306 Å². The van der Waals surface area contributed by atoms with Crippen LogP contribution in [0.15, 0.2) is 277 Å². The molecular weight excluding hydrogens is 1010 g/mol. The molecule has 1 spiro atoms. The average Bonchev–Trinajstić information content (AvgIpc) is 4.23. The summed E-state index contributed by atoms with van der Waals surface area (Å²) in [5, 5.41) is 2.69. The molecule has 0 atom stereocenters. The predicted molar refractivity (Wildman–Crippen MR) is 337 cm³/mol. The van der Waals surface area contributed by atoms with E-state index < -0.39 is 5.41 Å². The van der Waals surface area contributed by atoms with Gasteiger partial charge in [-0.15, -0.1) is 0 Å². The Morgan fingerprint density at radius 1 is 0.370 bits per heavy atom. The second-order valence-electron chi connectivity index (χ2n) is 22.5. The zero-order valence-corrected chi connectivity index (χ0v) is 45.9. The summed E-state index contributed by atoms with van der Waals surface area (Å²) in [5.41, 5.74) is 23.1. The summed E-state index contributed by atoms with van der Waals surface area (Å²) in [6.45, 7) is 6.82. The summed E-state index contributed by atoms with van der Waals surface area (Å²) in [6, 6.07) is 98.4. The third-order valence-corrected chi connectivity index (χ3v) is 16.9. The van der Waals surface area contributed by atoms with Crippen LogP contribution in [-0.2, 0) is 10.8 Å². The number of ether oxygens (including phenoxy) is 1. The van der Waals surface area contributed by atoms with Crippen LogP contribution < -0.4 is 9.64 Å². The molecule has 0 fully saturated rings. The van der Waals surface area contributed by atoms with Crippen LogP contribution in [0.25, 0.3) is 88.7 Å². The van der Waals surface area contributed by atoms with Gasteiger partial charge in [0.15, 0.2) is 0 Å². The van der Waals surface area contributed by atoms with Crippen molar-refractivity contribution in [3.8, 4) is 78.3 Å². The van der Waals surface area contributed by atoms with Gasteiger partial charge in [0, 0.05) is 44.0 Å². The van der Waals surface area contributed by atoms with Crippen molar-refractivity contribution in [3.63, 3.8) is 0 Å². The molecule has 81 heavy (non-hydrogen) atoms. The molecule has 386 valence electrons. The Kier molecular flexibility index (Phi) is 11.4. The van der Waals surface area contributed by atoms with Gasteiger partial charge in [0.25, 0.3) is 0 Å². The van der Waals surface area contributed by atoms with E-state index in [4.69, 9.17) is 20.8 Å². The van der Waals surface area contributed by atoms with Gasteiger partial charge in [-0.25, -0.2) is 0 Å². The topological polar surface area (TPSA) is 25.6 Å². The summed E-state index contributed by atoms with van der Waals surface area (Å²) in [5.74, 6) is 1.69.